The molecule has 0 spiro atoms. The Kier molecular flexibility index (Phi) is 4.94. The fourth-order valence-corrected chi connectivity index (χ4v) is 2.80. The quantitative estimate of drug-likeness (QED) is 0.672. The number of tetrazole rings is 1. The summed E-state index contributed by atoms with van der Waals surface area (Å²) in [6.07, 6.45) is 1.38. The van der Waals surface area contributed by atoms with Gasteiger partial charge in [-0.25, -0.2) is 9.07 Å². The summed E-state index contributed by atoms with van der Waals surface area (Å²) in [5.41, 5.74) is 1.06. The van der Waals surface area contributed by atoms with Gasteiger partial charge in [0.1, 0.15) is 25.4 Å². The molecular formula is C17H14ClFN6O3. The van der Waals surface area contributed by atoms with Crippen LogP contribution in [-0.2, 0) is 4.79 Å². The van der Waals surface area contributed by atoms with E-state index in [1.807, 2.05) is 0 Å². The Morgan fingerprint density at radius 3 is 2.71 bits per heavy atom. The van der Waals surface area contributed by atoms with Gasteiger partial charge in [0.05, 0.1) is 28.6 Å². The van der Waals surface area contributed by atoms with Crippen molar-refractivity contribution in [2.45, 2.75) is 0 Å². The molecule has 0 aliphatic carbocycles. The Labute approximate surface area is 163 Å². The van der Waals surface area contributed by atoms with Crippen LogP contribution in [0.15, 0.2) is 36.7 Å². The van der Waals surface area contributed by atoms with Crippen LogP contribution in [0.5, 0.6) is 11.5 Å². The molecule has 28 heavy (non-hydrogen) atoms. The largest absolute Gasteiger partial charge is 0.486 e. The van der Waals surface area contributed by atoms with E-state index < -0.39 is 11.7 Å². The molecule has 0 unspecified atom stereocenters. The van der Waals surface area contributed by atoms with E-state index in [1.54, 1.807) is 12.1 Å². The summed E-state index contributed by atoms with van der Waals surface area (Å²) in [4.78, 5) is 12.3. The molecule has 1 amide bonds. The highest BCUT2D eigenvalue weighted by Gasteiger charge is 2.16. The van der Waals surface area contributed by atoms with Gasteiger partial charge in [0, 0.05) is 12.1 Å². The molecule has 2 N–H and O–H groups in total. The Balaban J connectivity index is 1.43. The minimum absolute atomic E-state index is 0.136. The van der Waals surface area contributed by atoms with Crippen LogP contribution in [0.1, 0.15) is 0 Å². The number of halogens is 2. The molecule has 0 atom stereocenters. The number of nitrogens with zero attached hydrogens (tertiary/aromatic N) is 4. The maximum absolute atomic E-state index is 14.0. The summed E-state index contributed by atoms with van der Waals surface area (Å²) in [5.74, 6) is 0.0979. The second-order valence-electron chi connectivity index (χ2n) is 5.80. The highest BCUT2D eigenvalue weighted by molar-refractivity contribution is 6.34. The van der Waals surface area contributed by atoms with E-state index in [1.165, 1.54) is 29.2 Å². The summed E-state index contributed by atoms with van der Waals surface area (Å²) in [5, 5.41) is 16.5. The minimum Gasteiger partial charge on any atom is -0.486 e. The Hall–Kier alpha value is -3.40. The third-order valence-electron chi connectivity index (χ3n) is 3.91. The van der Waals surface area contributed by atoms with Crippen LogP contribution in [0.25, 0.3) is 5.69 Å². The number of benzene rings is 2. The van der Waals surface area contributed by atoms with Crippen molar-refractivity contribution < 1.29 is 18.7 Å². The number of rotatable bonds is 5. The van der Waals surface area contributed by atoms with Gasteiger partial charge in [-0.15, -0.1) is 5.10 Å². The molecule has 0 bridgehead atoms. The first kappa shape index (κ1) is 18.0. The van der Waals surface area contributed by atoms with Gasteiger partial charge in [-0.2, -0.15) is 0 Å². The number of hydrogen-bond donors (Lipinski definition) is 2. The number of amides is 1. The smallest absolute Gasteiger partial charge is 0.243 e. The summed E-state index contributed by atoms with van der Waals surface area (Å²) < 4.78 is 26.3. The fraction of sp³-hybridized carbons (Fsp3) is 0.176. The van der Waals surface area contributed by atoms with Gasteiger partial charge in [0.2, 0.25) is 5.91 Å². The lowest BCUT2D eigenvalue weighted by Crippen LogP contribution is -2.23. The second kappa shape index (κ2) is 7.69. The summed E-state index contributed by atoms with van der Waals surface area (Å²) in [6, 6.07) is 7.44. The van der Waals surface area contributed by atoms with E-state index in [4.69, 9.17) is 21.1 Å². The van der Waals surface area contributed by atoms with Crippen molar-refractivity contribution in [2.75, 3.05) is 30.4 Å². The average Bonchev–Trinajstić information content (AvgIpc) is 3.23. The van der Waals surface area contributed by atoms with Crippen LogP contribution < -0.4 is 20.1 Å². The van der Waals surface area contributed by atoms with Gasteiger partial charge in [-0.1, -0.05) is 11.6 Å². The molecule has 1 aliphatic heterocycles. The molecule has 144 valence electrons. The molecule has 0 fully saturated rings. The van der Waals surface area contributed by atoms with Crippen molar-refractivity contribution in [1.29, 1.82) is 0 Å². The highest BCUT2D eigenvalue weighted by atomic mass is 35.5. The molecule has 3 aromatic rings. The average molecular weight is 405 g/mol. The molecule has 1 aliphatic rings. The van der Waals surface area contributed by atoms with Gasteiger partial charge in [0.25, 0.3) is 0 Å². The first-order chi connectivity index (χ1) is 13.6. The van der Waals surface area contributed by atoms with E-state index >= 15 is 0 Å². The number of carbonyl (C=O) groups is 1. The molecule has 0 radical (unpaired) electrons. The number of ether oxygens (including phenoxy) is 2. The second-order valence-corrected chi connectivity index (χ2v) is 6.20. The highest BCUT2D eigenvalue weighted by Crippen LogP contribution is 2.37. The number of nitrogens with one attached hydrogen (secondary N) is 2. The molecule has 2 aromatic carbocycles. The van der Waals surface area contributed by atoms with Crippen LogP contribution >= 0.6 is 11.6 Å². The van der Waals surface area contributed by atoms with E-state index in [0.717, 1.165) is 0 Å². The molecule has 9 nitrogen and oxygen atoms in total. The van der Waals surface area contributed by atoms with Crippen molar-refractivity contribution in [3.63, 3.8) is 0 Å². The predicted octanol–water partition coefficient (Wildman–Crippen LogP) is 2.28. The summed E-state index contributed by atoms with van der Waals surface area (Å²) in [6.45, 7) is 0.676. The number of anilines is 2. The van der Waals surface area contributed by atoms with E-state index in [2.05, 4.69) is 26.2 Å². The fourth-order valence-electron chi connectivity index (χ4n) is 2.60. The third kappa shape index (κ3) is 3.81. The van der Waals surface area contributed by atoms with Gasteiger partial charge in [0.15, 0.2) is 11.5 Å². The van der Waals surface area contributed by atoms with Gasteiger partial charge >= 0.3 is 0 Å². The number of fused-ring (bicyclic) bond motifs is 1. The molecule has 1 aromatic heterocycles. The topological polar surface area (TPSA) is 103 Å². The van der Waals surface area contributed by atoms with Crippen LogP contribution in [0.4, 0.5) is 15.8 Å². The normalized spacial score (nSPS) is 12.5. The van der Waals surface area contributed by atoms with Crippen molar-refractivity contribution in [2.24, 2.45) is 0 Å². The molecule has 0 saturated heterocycles. The summed E-state index contributed by atoms with van der Waals surface area (Å²) >= 11 is 6.17. The Morgan fingerprint density at radius 2 is 1.96 bits per heavy atom. The minimum atomic E-state index is -0.512. The Bertz CT molecular complexity index is 1010. The molecule has 4 rings (SSSR count). The number of aromatic nitrogens is 4. The van der Waals surface area contributed by atoms with Gasteiger partial charge in [-0.05, 0) is 28.6 Å². The number of hydrogen-bond acceptors (Lipinski definition) is 7. The number of carbonyl (C=O) groups excluding carboxylic acids is 1. The Morgan fingerprint density at radius 1 is 1.18 bits per heavy atom. The van der Waals surface area contributed by atoms with E-state index in [-0.39, 0.29) is 12.2 Å². The van der Waals surface area contributed by atoms with Crippen molar-refractivity contribution >= 4 is 28.9 Å². The molecule has 0 saturated carbocycles. The third-order valence-corrected chi connectivity index (χ3v) is 4.22. The zero-order valence-electron chi connectivity index (χ0n) is 14.4. The van der Waals surface area contributed by atoms with Crippen LogP contribution in [-0.4, -0.2) is 45.9 Å². The lowest BCUT2D eigenvalue weighted by atomic mass is 10.2. The standard InChI is InChI=1S/C17H14ClFN6O3/c18-11-6-15-16(28-4-3-27-15)7-13(11)22-17(26)8-20-14-5-10(1-2-12(14)19)25-9-21-23-24-25/h1-2,5-7,9,20H,3-4,8H2,(H,22,26). The maximum Gasteiger partial charge on any atom is 0.243 e. The molecule has 2 heterocycles. The zero-order chi connectivity index (χ0) is 19.5. The summed E-state index contributed by atoms with van der Waals surface area (Å²) in [7, 11) is 0. The zero-order valence-corrected chi connectivity index (χ0v) is 15.1. The van der Waals surface area contributed by atoms with Crippen LogP contribution in [0.2, 0.25) is 5.02 Å². The monoisotopic (exact) mass is 404 g/mol. The van der Waals surface area contributed by atoms with Crippen LogP contribution in [0, 0.1) is 5.82 Å². The maximum atomic E-state index is 14.0. The SMILES string of the molecule is O=C(CNc1cc(-n2cnnn2)ccc1F)Nc1cc2c(cc1Cl)OCCO2. The van der Waals surface area contributed by atoms with Crippen LogP contribution in [0.3, 0.4) is 0 Å². The molecular weight excluding hydrogens is 391 g/mol. The van der Waals surface area contributed by atoms with Gasteiger partial charge < -0.3 is 20.1 Å². The van der Waals surface area contributed by atoms with Gasteiger partial charge in [-0.3, -0.25) is 4.79 Å². The van der Waals surface area contributed by atoms with E-state index in [0.29, 0.717) is 41.1 Å². The first-order valence-electron chi connectivity index (χ1n) is 8.26. The van der Waals surface area contributed by atoms with E-state index in [9.17, 15) is 9.18 Å². The van der Waals surface area contributed by atoms with Crippen molar-refractivity contribution in [3.05, 3.63) is 47.5 Å². The van der Waals surface area contributed by atoms with Crippen molar-refractivity contribution in [1.82, 2.24) is 20.2 Å². The first-order valence-corrected chi connectivity index (χ1v) is 8.64. The lowest BCUT2D eigenvalue weighted by molar-refractivity contribution is -0.114. The van der Waals surface area contributed by atoms with Crippen molar-refractivity contribution in [3.8, 4) is 17.2 Å². The lowest BCUT2D eigenvalue weighted by Gasteiger charge is -2.20. The predicted molar refractivity (Wildman–Crippen MR) is 98.7 cm³/mol. The molecule has 11 heteroatoms.